The highest BCUT2D eigenvalue weighted by Crippen LogP contribution is 2.52. The van der Waals surface area contributed by atoms with E-state index in [0.29, 0.717) is 5.76 Å². The summed E-state index contributed by atoms with van der Waals surface area (Å²) in [6.45, 7) is 1.80. The molecule has 4 rings (SSSR count). The highest BCUT2D eigenvalue weighted by Gasteiger charge is 2.63. The van der Waals surface area contributed by atoms with Crippen LogP contribution in [0.15, 0.2) is 16.7 Å². The molecule has 0 aromatic carbocycles. The van der Waals surface area contributed by atoms with E-state index in [9.17, 15) is 9.59 Å². The van der Waals surface area contributed by atoms with Crippen LogP contribution in [0.2, 0.25) is 0 Å². The van der Waals surface area contributed by atoms with Gasteiger partial charge in [-0.05, 0) is 25.8 Å². The molecule has 1 aromatic heterocycles. The molecule has 94 valence electrons. The van der Waals surface area contributed by atoms with Crippen molar-refractivity contribution in [3.8, 4) is 0 Å². The van der Waals surface area contributed by atoms with Crippen molar-refractivity contribution in [2.45, 2.75) is 37.9 Å². The average Bonchev–Trinajstić information content (AvgIpc) is 3.06. The van der Waals surface area contributed by atoms with E-state index in [1.165, 1.54) is 0 Å². The predicted octanol–water partition coefficient (Wildman–Crippen LogP) is 1.62. The van der Waals surface area contributed by atoms with Crippen LogP contribution in [0.5, 0.6) is 0 Å². The van der Waals surface area contributed by atoms with E-state index < -0.39 is 5.92 Å². The first kappa shape index (κ1) is 10.5. The zero-order valence-electron chi connectivity index (χ0n) is 10.1. The molecule has 2 saturated heterocycles. The van der Waals surface area contributed by atoms with Crippen molar-refractivity contribution < 1.29 is 18.7 Å². The fourth-order valence-corrected chi connectivity index (χ4v) is 3.93. The molecule has 1 aromatic rings. The monoisotopic (exact) mass is 246 g/mol. The van der Waals surface area contributed by atoms with E-state index in [0.717, 1.165) is 18.4 Å². The summed E-state index contributed by atoms with van der Waals surface area (Å²) in [7, 11) is 0. The molecule has 0 N–H and O–H groups in total. The Hall–Kier alpha value is -1.42. The molecular formula is C14H14O4. The maximum absolute atomic E-state index is 12.5. The lowest BCUT2D eigenvalue weighted by Gasteiger charge is -2.16. The van der Waals surface area contributed by atoms with Crippen LogP contribution in [0.1, 0.15) is 30.1 Å². The largest absolute Gasteiger partial charge is 0.469 e. The van der Waals surface area contributed by atoms with Gasteiger partial charge in [-0.2, -0.15) is 0 Å². The third-order valence-corrected chi connectivity index (χ3v) is 4.71. The van der Waals surface area contributed by atoms with E-state index in [1.54, 1.807) is 19.3 Å². The number of carbonyl (C=O) groups excluding carboxylic acids is 2. The van der Waals surface area contributed by atoms with Crippen molar-refractivity contribution >= 4 is 11.6 Å². The predicted molar refractivity (Wildman–Crippen MR) is 61.1 cm³/mol. The number of hydrogen-bond acceptors (Lipinski definition) is 4. The Kier molecular flexibility index (Phi) is 1.94. The number of carbonyl (C=O) groups is 2. The number of furan rings is 1. The Morgan fingerprint density at radius 3 is 2.22 bits per heavy atom. The number of rotatable bonds is 1. The van der Waals surface area contributed by atoms with Gasteiger partial charge in [-0.1, -0.05) is 0 Å². The standard InChI is InChI=1S/C14H14O4/c1-6-7(4-5-17-6)10-13(15)11-8-2-3-9(18-8)12(11)14(10)16/h4-5,8-12H,2-3H2,1H3/t8?,9?,10?,11-,12+. The van der Waals surface area contributed by atoms with Gasteiger partial charge in [-0.15, -0.1) is 0 Å². The van der Waals surface area contributed by atoms with Crippen molar-refractivity contribution in [1.82, 2.24) is 0 Å². The van der Waals surface area contributed by atoms with Crippen molar-refractivity contribution in [3.63, 3.8) is 0 Å². The number of ketones is 2. The molecule has 2 aliphatic heterocycles. The highest BCUT2D eigenvalue weighted by molar-refractivity contribution is 6.16. The molecule has 2 bridgehead atoms. The number of ether oxygens (including phenoxy) is 1. The fourth-order valence-electron chi connectivity index (χ4n) is 3.93. The molecule has 1 saturated carbocycles. The van der Waals surface area contributed by atoms with E-state index in [4.69, 9.17) is 9.15 Å². The van der Waals surface area contributed by atoms with Crippen molar-refractivity contribution in [3.05, 3.63) is 23.7 Å². The van der Waals surface area contributed by atoms with Crippen LogP contribution in [0.4, 0.5) is 0 Å². The summed E-state index contributed by atoms with van der Waals surface area (Å²) in [6.07, 6.45) is 3.34. The van der Waals surface area contributed by atoms with Gasteiger partial charge in [0.2, 0.25) is 0 Å². The lowest BCUT2D eigenvalue weighted by atomic mass is 9.81. The first-order valence-electron chi connectivity index (χ1n) is 6.45. The van der Waals surface area contributed by atoms with Gasteiger partial charge in [0.15, 0.2) is 11.6 Å². The quantitative estimate of drug-likeness (QED) is 0.706. The lowest BCUT2D eigenvalue weighted by Crippen LogP contribution is -2.29. The molecule has 0 amide bonds. The molecule has 18 heavy (non-hydrogen) atoms. The van der Waals surface area contributed by atoms with Crippen LogP contribution in [0, 0.1) is 18.8 Å². The smallest absolute Gasteiger partial charge is 0.154 e. The molecule has 0 spiro atoms. The summed E-state index contributed by atoms with van der Waals surface area (Å²) in [5.74, 6) is -0.241. The number of fused-ring (bicyclic) bond motifs is 5. The number of aryl methyl sites for hydroxylation is 1. The first-order chi connectivity index (χ1) is 8.68. The minimum Gasteiger partial charge on any atom is -0.469 e. The van der Waals surface area contributed by atoms with Gasteiger partial charge in [0.05, 0.1) is 30.3 Å². The maximum atomic E-state index is 12.5. The zero-order valence-corrected chi connectivity index (χ0v) is 10.1. The molecule has 5 atom stereocenters. The minimum absolute atomic E-state index is 0.0198. The van der Waals surface area contributed by atoms with Crippen LogP contribution < -0.4 is 0 Å². The maximum Gasteiger partial charge on any atom is 0.154 e. The summed E-state index contributed by atoms with van der Waals surface area (Å²) < 4.78 is 10.9. The van der Waals surface area contributed by atoms with Crippen molar-refractivity contribution in [2.24, 2.45) is 11.8 Å². The van der Waals surface area contributed by atoms with Gasteiger partial charge in [0.25, 0.3) is 0 Å². The van der Waals surface area contributed by atoms with Gasteiger partial charge in [0.1, 0.15) is 11.7 Å². The Morgan fingerprint density at radius 1 is 1.11 bits per heavy atom. The summed E-state index contributed by atoms with van der Waals surface area (Å²) in [6, 6.07) is 1.75. The third kappa shape index (κ3) is 1.09. The molecule has 0 radical (unpaired) electrons. The molecule has 3 heterocycles. The Balaban J connectivity index is 1.78. The van der Waals surface area contributed by atoms with E-state index in [2.05, 4.69) is 0 Å². The summed E-state index contributed by atoms with van der Waals surface area (Å²) in [5.41, 5.74) is 0.749. The lowest BCUT2D eigenvalue weighted by molar-refractivity contribution is -0.127. The van der Waals surface area contributed by atoms with Crippen LogP contribution in [0.25, 0.3) is 0 Å². The molecular weight excluding hydrogens is 232 g/mol. The molecule has 3 aliphatic rings. The molecule has 1 aliphatic carbocycles. The van der Waals surface area contributed by atoms with Crippen molar-refractivity contribution in [1.29, 1.82) is 0 Å². The minimum atomic E-state index is -0.606. The average molecular weight is 246 g/mol. The number of Topliss-reactive ketones (excluding diaryl/α,β-unsaturated/α-hetero) is 2. The third-order valence-electron chi connectivity index (χ3n) is 4.71. The molecule has 4 heteroatoms. The Labute approximate surface area is 104 Å². The van der Waals surface area contributed by atoms with E-state index in [-0.39, 0.29) is 35.6 Å². The molecule has 3 unspecified atom stereocenters. The SMILES string of the molecule is Cc1occc1C1C(=O)[C@@H]2C3CCC(O3)[C@@H]2C1=O. The van der Waals surface area contributed by atoms with Crippen LogP contribution in [-0.2, 0) is 14.3 Å². The van der Waals surface area contributed by atoms with Crippen LogP contribution in [-0.4, -0.2) is 23.8 Å². The van der Waals surface area contributed by atoms with Gasteiger partial charge in [-0.3, -0.25) is 9.59 Å². The topological polar surface area (TPSA) is 56.5 Å². The number of hydrogen-bond donors (Lipinski definition) is 0. The van der Waals surface area contributed by atoms with Crippen LogP contribution in [0.3, 0.4) is 0 Å². The van der Waals surface area contributed by atoms with Crippen LogP contribution >= 0.6 is 0 Å². The second-order valence-electron chi connectivity index (χ2n) is 5.51. The molecule has 3 fully saturated rings. The van der Waals surface area contributed by atoms with E-state index >= 15 is 0 Å². The summed E-state index contributed by atoms with van der Waals surface area (Å²) >= 11 is 0. The van der Waals surface area contributed by atoms with Crippen molar-refractivity contribution in [2.75, 3.05) is 0 Å². The van der Waals surface area contributed by atoms with Gasteiger partial charge in [0, 0.05) is 5.56 Å². The van der Waals surface area contributed by atoms with Gasteiger partial charge >= 0.3 is 0 Å². The summed E-state index contributed by atoms with van der Waals surface area (Å²) in [5, 5.41) is 0. The first-order valence-corrected chi connectivity index (χ1v) is 6.45. The van der Waals surface area contributed by atoms with E-state index in [1.807, 2.05) is 0 Å². The fraction of sp³-hybridized carbons (Fsp3) is 0.571. The Morgan fingerprint density at radius 2 is 1.72 bits per heavy atom. The second kappa shape index (κ2) is 3.32. The van der Waals surface area contributed by atoms with Gasteiger partial charge in [-0.25, -0.2) is 0 Å². The zero-order chi connectivity index (χ0) is 12.4. The summed E-state index contributed by atoms with van der Waals surface area (Å²) in [4.78, 5) is 25.0. The highest BCUT2D eigenvalue weighted by atomic mass is 16.5. The normalized spacial score (nSPS) is 41.7. The van der Waals surface area contributed by atoms with Gasteiger partial charge < -0.3 is 9.15 Å². The second-order valence-corrected chi connectivity index (χ2v) is 5.51. The Bertz CT molecular complexity index is 516. The molecule has 4 nitrogen and oxygen atoms in total.